The van der Waals surface area contributed by atoms with Crippen LogP contribution in [0.2, 0.25) is 0 Å². The molecule has 1 heterocycles. The van der Waals surface area contributed by atoms with Crippen LogP contribution in [0.5, 0.6) is 0 Å². The Labute approximate surface area is 56.4 Å². The average molecular weight is 125 g/mol. The van der Waals surface area contributed by atoms with Crippen molar-refractivity contribution in [2.75, 3.05) is 0 Å². The van der Waals surface area contributed by atoms with Crippen molar-refractivity contribution in [3.63, 3.8) is 0 Å². The van der Waals surface area contributed by atoms with Gasteiger partial charge in [-0.2, -0.15) is 0 Å². The summed E-state index contributed by atoms with van der Waals surface area (Å²) in [6, 6.07) is 0. The van der Waals surface area contributed by atoms with Crippen molar-refractivity contribution in [1.82, 2.24) is 0 Å². The molecule has 51 valence electrons. The minimum atomic E-state index is 0.531. The van der Waals surface area contributed by atoms with Gasteiger partial charge in [0.15, 0.2) is 0 Å². The van der Waals surface area contributed by atoms with Gasteiger partial charge in [-0.25, -0.2) is 0 Å². The van der Waals surface area contributed by atoms with E-state index in [1.807, 2.05) is 0 Å². The van der Waals surface area contributed by atoms with Gasteiger partial charge in [0.25, 0.3) is 0 Å². The van der Waals surface area contributed by atoms with E-state index in [-0.39, 0.29) is 0 Å². The zero-order valence-corrected chi connectivity index (χ0v) is 6.00. The highest BCUT2D eigenvalue weighted by atomic mass is 16.6. The second-order valence-corrected chi connectivity index (χ2v) is 3.45. The summed E-state index contributed by atoms with van der Waals surface area (Å²) in [5.41, 5.74) is 0. The first-order valence-corrected chi connectivity index (χ1v) is 3.78. The van der Waals surface area contributed by atoms with Crippen molar-refractivity contribution in [2.24, 2.45) is 11.8 Å². The fraction of sp³-hybridized carbons (Fsp3) is 0.875. The molecule has 0 aromatic rings. The molecule has 2 aliphatic rings. The third kappa shape index (κ3) is 0.877. The molecule has 0 amide bonds. The maximum Gasteiger partial charge on any atom is 0.0879 e. The van der Waals surface area contributed by atoms with Gasteiger partial charge in [-0.15, -0.1) is 0 Å². The fourth-order valence-corrected chi connectivity index (χ4v) is 1.87. The van der Waals surface area contributed by atoms with E-state index in [2.05, 4.69) is 20.3 Å². The highest BCUT2D eigenvalue weighted by Crippen LogP contribution is 2.42. The van der Waals surface area contributed by atoms with Gasteiger partial charge in [-0.1, -0.05) is 13.8 Å². The molecule has 0 bridgehead atoms. The van der Waals surface area contributed by atoms with E-state index in [0.29, 0.717) is 12.2 Å². The smallest absolute Gasteiger partial charge is 0.0879 e. The molecule has 4 atom stereocenters. The van der Waals surface area contributed by atoms with E-state index < -0.39 is 0 Å². The Morgan fingerprint density at radius 1 is 1.44 bits per heavy atom. The lowest BCUT2D eigenvalue weighted by Gasteiger charge is -2.18. The van der Waals surface area contributed by atoms with Crippen molar-refractivity contribution >= 4 is 0 Å². The molecule has 1 nitrogen and oxygen atoms in total. The number of hydrogen-bond acceptors (Lipinski definition) is 1. The number of rotatable bonds is 0. The first-order chi connectivity index (χ1) is 4.27. The first kappa shape index (κ1) is 5.72. The molecule has 0 aromatic carbocycles. The molecule has 2 fully saturated rings. The Morgan fingerprint density at radius 3 is 2.89 bits per heavy atom. The summed E-state index contributed by atoms with van der Waals surface area (Å²) in [6.07, 6.45) is 4.79. The summed E-state index contributed by atoms with van der Waals surface area (Å²) in [7, 11) is 0. The molecule has 0 N–H and O–H groups in total. The van der Waals surface area contributed by atoms with Gasteiger partial charge in [0.2, 0.25) is 0 Å². The van der Waals surface area contributed by atoms with Crippen molar-refractivity contribution in [1.29, 1.82) is 0 Å². The third-order valence-electron chi connectivity index (χ3n) is 2.38. The largest absolute Gasteiger partial charge is 0.369 e. The number of hydrogen-bond donors (Lipinski definition) is 0. The van der Waals surface area contributed by atoms with Crippen molar-refractivity contribution in [3.8, 4) is 0 Å². The predicted molar refractivity (Wildman–Crippen MR) is 35.9 cm³/mol. The van der Waals surface area contributed by atoms with Gasteiger partial charge in [-0.05, 0) is 24.7 Å². The van der Waals surface area contributed by atoms with Crippen LogP contribution < -0.4 is 0 Å². The number of ether oxygens (including phenoxy) is 1. The topological polar surface area (TPSA) is 12.5 Å². The van der Waals surface area contributed by atoms with Gasteiger partial charge in [0.05, 0.1) is 12.2 Å². The Bertz CT molecular complexity index is 122. The predicted octanol–water partition coefficient (Wildman–Crippen LogP) is 1.63. The zero-order valence-electron chi connectivity index (χ0n) is 6.00. The molecule has 2 rings (SSSR count). The standard InChI is InChI=1S/C8H13O/c1-5-3-6(2)8-7(4-5)9-8/h4-8H,3H2,1-2H3. The highest BCUT2D eigenvalue weighted by molar-refractivity contribution is 5.05. The van der Waals surface area contributed by atoms with Crippen molar-refractivity contribution in [2.45, 2.75) is 32.5 Å². The van der Waals surface area contributed by atoms with E-state index in [1.165, 1.54) is 6.42 Å². The van der Waals surface area contributed by atoms with E-state index in [9.17, 15) is 0 Å². The van der Waals surface area contributed by atoms with Crippen LogP contribution in [-0.2, 0) is 4.74 Å². The Hall–Kier alpha value is -0.0400. The van der Waals surface area contributed by atoms with Crippen LogP contribution in [0.3, 0.4) is 0 Å². The summed E-state index contributed by atoms with van der Waals surface area (Å²) in [5, 5.41) is 0. The SMILES string of the molecule is CC1[CH]C2OC2C(C)C1. The normalized spacial score (nSPS) is 56.7. The first-order valence-electron chi connectivity index (χ1n) is 3.78. The van der Waals surface area contributed by atoms with E-state index in [4.69, 9.17) is 4.74 Å². The summed E-state index contributed by atoms with van der Waals surface area (Å²) < 4.78 is 5.40. The quantitative estimate of drug-likeness (QED) is 0.448. The van der Waals surface area contributed by atoms with Crippen LogP contribution in [0.25, 0.3) is 0 Å². The van der Waals surface area contributed by atoms with E-state index in [1.54, 1.807) is 0 Å². The van der Waals surface area contributed by atoms with Gasteiger partial charge < -0.3 is 4.74 Å². The van der Waals surface area contributed by atoms with Crippen LogP contribution in [0.4, 0.5) is 0 Å². The summed E-state index contributed by atoms with van der Waals surface area (Å²) in [5.74, 6) is 1.58. The summed E-state index contributed by atoms with van der Waals surface area (Å²) >= 11 is 0. The lowest BCUT2D eigenvalue weighted by atomic mass is 9.84. The molecule has 1 radical (unpaired) electrons. The third-order valence-corrected chi connectivity index (χ3v) is 2.38. The average Bonchev–Trinajstić information content (AvgIpc) is 2.43. The second kappa shape index (κ2) is 1.72. The maximum absolute atomic E-state index is 5.40. The fourth-order valence-electron chi connectivity index (χ4n) is 1.87. The lowest BCUT2D eigenvalue weighted by Crippen LogP contribution is -2.19. The van der Waals surface area contributed by atoms with Crippen LogP contribution in [0.15, 0.2) is 0 Å². The molecule has 0 spiro atoms. The Balaban J connectivity index is 1.99. The van der Waals surface area contributed by atoms with E-state index in [0.717, 1.165) is 11.8 Å². The van der Waals surface area contributed by atoms with Crippen molar-refractivity contribution in [3.05, 3.63) is 6.42 Å². The maximum atomic E-state index is 5.40. The minimum Gasteiger partial charge on any atom is -0.369 e. The van der Waals surface area contributed by atoms with Gasteiger partial charge in [-0.3, -0.25) is 0 Å². The molecule has 1 saturated heterocycles. The zero-order chi connectivity index (χ0) is 6.43. The van der Waals surface area contributed by atoms with Gasteiger partial charge in [0, 0.05) is 0 Å². The summed E-state index contributed by atoms with van der Waals surface area (Å²) in [4.78, 5) is 0. The molecule has 1 aliphatic carbocycles. The molecule has 1 aliphatic heterocycles. The molecule has 0 aromatic heterocycles. The van der Waals surface area contributed by atoms with E-state index >= 15 is 0 Å². The van der Waals surface area contributed by atoms with Gasteiger partial charge >= 0.3 is 0 Å². The molecular formula is C8H13O. The van der Waals surface area contributed by atoms with Crippen LogP contribution in [0, 0.1) is 18.3 Å². The Morgan fingerprint density at radius 2 is 2.22 bits per heavy atom. The second-order valence-electron chi connectivity index (χ2n) is 3.45. The molecule has 1 heteroatoms. The van der Waals surface area contributed by atoms with Crippen LogP contribution in [0.1, 0.15) is 20.3 Å². The van der Waals surface area contributed by atoms with Crippen LogP contribution >= 0.6 is 0 Å². The molecule has 9 heavy (non-hydrogen) atoms. The van der Waals surface area contributed by atoms with Crippen molar-refractivity contribution < 1.29 is 4.74 Å². The molecule has 1 saturated carbocycles. The number of fused-ring (bicyclic) bond motifs is 1. The number of epoxide rings is 1. The molecular weight excluding hydrogens is 112 g/mol. The minimum absolute atomic E-state index is 0.531. The molecule has 4 unspecified atom stereocenters. The van der Waals surface area contributed by atoms with Crippen LogP contribution in [-0.4, -0.2) is 12.2 Å². The summed E-state index contributed by atoms with van der Waals surface area (Å²) in [6.45, 7) is 4.56. The lowest BCUT2D eigenvalue weighted by molar-refractivity contribution is 0.326. The monoisotopic (exact) mass is 125 g/mol. The highest BCUT2D eigenvalue weighted by Gasteiger charge is 2.47. The Kier molecular flexibility index (Phi) is 1.10. The van der Waals surface area contributed by atoms with Gasteiger partial charge in [0.1, 0.15) is 0 Å².